The fourth-order valence-electron chi connectivity index (χ4n) is 2.49. The van der Waals surface area contributed by atoms with E-state index in [-0.39, 0.29) is 0 Å². The van der Waals surface area contributed by atoms with E-state index in [1.165, 1.54) is 25.9 Å². The van der Waals surface area contributed by atoms with Crippen LogP contribution in [-0.4, -0.2) is 48.1 Å². The van der Waals surface area contributed by atoms with Crippen LogP contribution in [0.5, 0.6) is 0 Å². The minimum atomic E-state index is 0.576. The standard InChI is InChI=1S/C14H24N4/c1-11(2)18-7-5-12(6-8-18)13-9-15-10-14(16-13)17(3)4/h9-12H,5-8H2,1-4H3. The average Bonchev–Trinajstić information content (AvgIpc) is 2.39. The highest BCUT2D eigenvalue weighted by molar-refractivity contribution is 5.34. The Balaban J connectivity index is 2.03. The summed E-state index contributed by atoms with van der Waals surface area (Å²) >= 11 is 0. The van der Waals surface area contributed by atoms with Gasteiger partial charge < -0.3 is 9.80 Å². The molecule has 2 rings (SSSR count). The lowest BCUT2D eigenvalue weighted by Crippen LogP contribution is -2.38. The van der Waals surface area contributed by atoms with Gasteiger partial charge >= 0.3 is 0 Å². The van der Waals surface area contributed by atoms with Crippen molar-refractivity contribution in [2.24, 2.45) is 0 Å². The molecule has 100 valence electrons. The molecule has 0 bridgehead atoms. The summed E-state index contributed by atoms with van der Waals surface area (Å²) in [4.78, 5) is 13.6. The van der Waals surface area contributed by atoms with E-state index in [4.69, 9.17) is 4.98 Å². The van der Waals surface area contributed by atoms with Gasteiger partial charge in [0, 0.05) is 32.3 Å². The van der Waals surface area contributed by atoms with Gasteiger partial charge in [-0.25, -0.2) is 4.98 Å². The highest BCUT2D eigenvalue weighted by Gasteiger charge is 2.23. The van der Waals surface area contributed by atoms with Gasteiger partial charge in [-0.1, -0.05) is 0 Å². The van der Waals surface area contributed by atoms with Crippen molar-refractivity contribution < 1.29 is 0 Å². The lowest BCUT2D eigenvalue weighted by atomic mass is 9.93. The molecule has 0 unspecified atom stereocenters. The van der Waals surface area contributed by atoms with E-state index in [9.17, 15) is 0 Å². The smallest absolute Gasteiger partial charge is 0.146 e. The van der Waals surface area contributed by atoms with E-state index >= 15 is 0 Å². The summed E-state index contributed by atoms with van der Waals surface area (Å²) in [6.45, 7) is 6.89. The maximum atomic E-state index is 4.71. The molecule has 2 heterocycles. The molecule has 0 N–H and O–H groups in total. The molecule has 1 aliphatic rings. The molecular formula is C14H24N4. The van der Waals surface area contributed by atoms with Crippen molar-refractivity contribution >= 4 is 5.82 Å². The van der Waals surface area contributed by atoms with Crippen LogP contribution in [0.3, 0.4) is 0 Å². The monoisotopic (exact) mass is 248 g/mol. The minimum Gasteiger partial charge on any atom is -0.361 e. The zero-order valence-corrected chi connectivity index (χ0v) is 11.9. The minimum absolute atomic E-state index is 0.576. The van der Waals surface area contributed by atoms with Crippen molar-refractivity contribution in [3.63, 3.8) is 0 Å². The molecule has 4 nitrogen and oxygen atoms in total. The Labute approximate surface area is 110 Å². The van der Waals surface area contributed by atoms with Gasteiger partial charge in [-0.05, 0) is 39.8 Å². The summed E-state index contributed by atoms with van der Waals surface area (Å²) in [7, 11) is 4.02. The second-order valence-electron chi connectivity index (χ2n) is 5.60. The van der Waals surface area contributed by atoms with Gasteiger partial charge in [0.05, 0.1) is 11.9 Å². The maximum absolute atomic E-state index is 4.71. The SMILES string of the molecule is CC(C)N1CCC(c2cncc(N(C)C)n2)CC1. The summed E-state index contributed by atoms with van der Waals surface area (Å²) in [6, 6.07) is 0.658. The second-order valence-corrected chi connectivity index (χ2v) is 5.60. The van der Waals surface area contributed by atoms with Crippen LogP contribution in [0.25, 0.3) is 0 Å². The first kappa shape index (κ1) is 13.3. The lowest BCUT2D eigenvalue weighted by Gasteiger charge is -2.34. The van der Waals surface area contributed by atoms with Gasteiger partial charge in [0.1, 0.15) is 5.82 Å². The second kappa shape index (κ2) is 5.65. The molecule has 0 spiro atoms. The summed E-state index contributed by atoms with van der Waals surface area (Å²) in [5.74, 6) is 1.53. The van der Waals surface area contributed by atoms with Gasteiger partial charge in [0.25, 0.3) is 0 Å². The quantitative estimate of drug-likeness (QED) is 0.820. The number of likely N-dealkylation sites (tertiary alicyclic amines) is 1. The molecule has 1 saturated heterocycles. The lowest BCUT2D eigenvalue weighted by molar-refractivity contribution is 0.170. The Bertz CT molecular complexity index is 381. The number of aromatic nitrogens is 2. The molecule has 0 radical (unpaired) electrons. The number of hydrogen-bond acceptors (Lipinski definition) is 4. The molecule has 0 atom stereocenters. The third-order valence-corrected chi connectivity index (χ3v) is 3.78. The van der Waals surface area contributed by atoms with Crippen molar-refractivity contribution in [1.82, 2.24) is 14.9 Å². The van der Waals surface area contributed by atoms with E-state index in [2.05, 4.69) is 23.7 Å². The van der Waals surface area contributed by atoms with Crippen molar-refractivity contribution in [3.8, 4) is 0 Å². The van der Waals surface area contributed by atoms with Crippen LogP contribution in [0, 0.1) is 0 Å². The van der Waals surface area contributed by atoms with Gasteiger partial charge in [-0.2, -0.15) is 0 Å². The fraction of sp³-hybridized carbons (Fsp3) is 0.714. The largest absolute Gasteiger partial charge is 0.361 e. The third kappa shape index (κ3) is 2.99. The summed E-state index contributed by atoms with van der Waals surface area (Å²) in [6.07, 6.45) is 6.16. The summed E-state index contributed by atoms with van der Waals surface area (Å²) in [5.41, 5.74) is 1.16. The first-order valence-corrected chi connectivity index (χ1v) is 6.81. The van der Waals surface area contributed by atoms with Crippen LogP contribution in [0.15, 0.2) is 12.4 Å². The Morgan fingerprint density at radius 3 is 2.44 bits per heavy atom. The van der Waals surface area contributed by atoms with E-state index < -0.39 is 0 Å². The fourth-order valence-corrected chi connectivity index (χ4v) is 2.49. The van der Waals surface area contributed by atoms with E-state index in [1.807, 2.05) is 31.4 Å². The zero-order valence-electron chi connectivity index (χ0n) is 11.9. The molecule has 1 aliphatic heterocycles. The molecule has 0 aromatic carbocycles. The molecule has 0 aliphatic carbocycles. The Hall–Kier alpha value is -1.16. The third-order valence-electron chi connectivity index (χ3n) is 3.78. The van der Waals surface area contributed by atoms with Crippen molar-refractivity contribution in [2.45, 2.75) is 38.6 Å². The van der Waals surface area contributed by atoms with Crippen molar-refractivity contribution in [3.05, 3.63) is 18.1 Å². The predicted octanol–water partition coefficient (Wildman–Crippen LogP) is 2.13. The van der Waals surface area contributed by atoms with E-state index in [0.29, 0.717) is 12.0 Å². The van der Waals surface area contributed by atoms with Gasteiger partial charge in [-0.3, -0.25) is 4.98 Å². The average molecular weight is 248 g/mol. The molecular weight excluding hydrogens is 224 g/mol. The molecule has 0 saturated carbocycles. The number of anilines is 1. The van der Waals surface area contributed by atoms with Crippen LogP contribution in [-0.2, 0) is 0 Å². The first-order valence-electron chi connectivity index (χ1n) is 6.81. The number of hydrogen-bond donors (Lipinski definition) is 0. The van der Waals surface area contributed by atoms with Crippen LogP contribution < -0.4 is 4.90 Å². The molecule has 1 aromatic heterocycles. The van der Waals surface area contributed by atoms with Crippen LogP contribution in [0.4, 0.5) is 5.82 Å². The Morgan fingerprint density at radius 1 is 1.22 bits per heavy atom. The van der Waals surface area contributed by atoms with Crippen LogP contribution in [0.2, 0.25) is 0 Å². The summed E-state index contributed by atoms with van der Waals surface area (Å²) < 4.78 is 0. The molecule has 1 fully saturated rings. The molecule has 0 amide bonds. The highest BCUT2D eigenvalue weighted by Crippen LogP contribution is 2.27. The van der Waals surface area contributed by atoms with Crippen molar-refractivity contribution in [2.75, 3.05) is 32.1 Å². The topological polar surface area (TPSA) is 32.3 Å². The predicted molar refractivity (Wildman–Crippen MR) is 75.0 cm³/mol. The number of piperidine rings is 1. The van der Waals surface area contributed by atoms with Crippen molar-refractivity contribution in [1.29, 1.82) is 0 Å². The molecule has 1 aromatic rings. The van der Waals surface area contributed by atoms with Crippen LogP contribution in [0.1, 0.15) is 38.3 Å². The molecule has 4 heteroatoms. The van der Waals surface area contributed by atoms with Gasteiger partial charge in [-0.15, -0.1) is 0 Å². The van der Waals surface area contributed by atoms with Gasteiger partial charge in [0.2, 0.25) is 0 Å². The number of rotatable bonds is 3. The number of nitrogens with zero attached hydrogens (tertiary/aromatic N) is 4. The zero-order chi connectivity index (χ0) is 13.1. The Kier molecular flexibility index (Phi) is 4.17. The maximum Gasteiger partial charge on any atom is 0.146 e. The first-order chi connectivity index (χ1) is 8.58. The van der Waals surface area contributed by atoms with E-state index in [1.54, 1.807) is 0 Å². The summed E-state index contributed by atoms with van der Waals surface area (Å²) in [5, 5.41) is 0. The highest BCUT2D eigenvalue weighted by atomic mass is 15.2. The normalized spacial score (nSPS) is 18.3. The Morgan fingerprint density at radius 2 is 1.89 bits per heavy atom. The van der Waals surface area contributed by atoms with E-state index in [0.717, 1.165) is 11.5 Å². The van der Waals surface area contributed by atoms with Gasteiger partial charge in [0.15, 0.2) is 0 Å². The molecule has 18 heavy (non-hydrogen) atoms. The van der Waals surface area contributed by atoms with Crippen LogP contribution >= 0.6 is 0 Å².